The highest BCUT2D eigenvalue weighted by Gasteiger charge is 2.31. The number of nitrogens with zero attached hydrogens (tertiary/aromatic N) is 3. The predicted octanol–water partition coefficient (Wildman–Crippen LogP) is 6.04. The minimum Gasteiger partial charge on any atom is -0.406 e. The van der Waals surface area contributed by atoms with Crippen molar-refractivity contribution < 1.29 is 27.2 Å². The number of nitro benzene ring substituents is 1. The second-order valence-corrected chi connectivity index (χ2v) is 7.03. The Hall–Kier alpha value is -3.96. The van der Waals surface area contributed by atoms with Crippen LogP contribution in [0.5, 0.6) is 5.75 Å². The van der Waals surface area contributed by atoms with Gasteiger partial charge in [0.15, 0.2) is 0 Å². The molecule has 33 heavy (non-hydrogen) atoms. The van der Waals surface area contributed by atoms with Crippen molar-refractivity contribution in [3.63, 3.8) is 0 Å². The van der Waals surface area contributed by atoms with Crippen molar-refractivity contribution in [2.45, 2.75) is 32.7 Å². The van der Waals surface area contributed by atoms with Gasteiger partial charge in [-0.05, 0) is 37.6 Å². The summed E-state index contributed by atoms with van der Waals surface area (Å²) in [6.07, 6.45) is -4.13. The van der Waals surface area contributed by atoms with Gasteiger partial charge in [-0.25, -0.2) is 9.37 Å². The van der Waals surface area contributed by atoms with Crippen molar-refractivity contribution in [3.8, 4) is 17.0 Å². The number of ether oxygens (including phenoxy) is 1. The summed E-state index contributed by atoms with van der Waals surface area (Å²) in [5.74, 6) is -0.950. The molecule has 0 fully saturated rings. The van der Waals surface area contributed by atoms with Gasteiger partial charge < -0.3 is 15.4 Å². The van der Waals surface area contributed by atoms with Crippen LogP contribution in [0.25, 0.3) is 11.3 Å². The molecule has 3 aromatic rings. The molecule has 3 rings (SSSR count). The van der Waals surface area contributed by atoms with Crippen LogP contribution in [0.4, 0.5) is 40.7 Å². The highest BCUT2D eigenvalue weighted by molar-refractivity contribution is 5.72. The predicted molar refractivity (Wildman–Crippen MR) is 114 cm³/mol. The summed E-state index contributed by atoms with van der Waals surface area (Å²) in [6, 6.07) is 9.59. The lowest BCUT2D eigenvalue weighted by Gasteiger charge is -2.15. The highest BCUT2D eigenvalue weighted by atomic mass is 19.4. The number of alkyl halides is 3. The average Bonchev–Trinajstić information content (AvgIpc) is 2.73. The lowest BCUT2D eigenvalue weighted by atomic mass is 10.1. The average molecular weight is 465 g/mol. The zero-order chi connectivity index (χ0) is 24.2. The Morgan fingerprint density at radius 3 is 2.58 bits per heavy atom. The fourth-order valence-electron chi connectivity index (χ4n) is 2.80. The third-order valence-electron chi connectivity index (χ3n) is 4.50. The van der Waals surface area contributed by atoms with Crippen molar-refractivity contribution >= 4 is 23.1 Å². The number of nitro groups is 1. The zero-order valence-electron chi connectivity index (χ0n) is 17.5. The van der Waals surface area contributed by atoms with Gasteiger partial charge in [0.05, 0.1) is 16.7 Å². The Balaban J connectivity index is 2.04. The summed E-state index contributed by atoms with van der Waals surface area (Å²) in [7, 11) is 0. The van der Waals surface area contributed by atoms with Crippen LogP contribution in [-0.4, -0.2) is 27.3 Å². The van der Waals surface area contributed by atoms with E-state index in [0.717, 1.165) is 30.7 Å². The fraction of sp³-hybridized carbons (Fsp3) is 0.238. The van der Waals surface area contributed by atoms with Gasteiger partial charge in [-0.2, -0.15) is 4.98 Å². The van der Waals surface area contributed by atoms with Crippen LogP contribution in [0.15, 0.2) is 48.5 Å². The summed E-state index contributed by atoms with van der Waals surface area (Å²) in [5.41, 5.74) is 0.000525. The van der Waals surface area contributed by atoms with Crippen molar-refractivity contribution in [2.75, 3.05) is 10.6 Å². The molecule has 12 heteroatoms. The molecule has 0 saturated heterocycles. The van der Waals surface area contributed by atoms with Gasteiger partial charge in [0.2, 0.25) is 5.95 Å². The van der Waals surface area contributed by atoms with E-state index >= 15 is 0 Å². The minimum absolute atomic E-state index is 0.0188. The van der Waals surface area contributed by atoms with E-state index < -0.39 is 28.5 Å². The van der Waals surface area contributed by atoms with Crippen LogP contribution in [0.2, 0.25) is 0 Å². The summed E-state index contributed by atoms with van der Waals surface area (Å²) in [6.45, 7) is 3.81. The van der Waals surface area contributed by atoms with Crippen LogP contribution in [0.3, 0.4) is 0 Å². The zero-order valence-corrected chi connectivity index (χ0v) is 17.5. The lowest BCUT2D eigenvalue weighted by Crippen LogP contribution is -2.17. The van der Waals surface area contributed by atoms with Gasteiger partial charge in [0.25, 0.3) is 5.69 Å². The number of hydrogen-bond acceptors (Lipinski definition) is 7. The molecular weight excluding hydrogens is 446 g/mol. The van der Waals surface area contributed by atoms with E-state index in [1.54, 1.807) is 0 Å². The maximum absolute atomic E-state index is 13.5. The first-order valence-corrected chi connectivity index (χ1v) is 9.77. The molecular formula is C21H19F4N5O3. The fourth-order valence-corrected chi connectivity index (χ4v) is 2.80. The van der Waals surface area contributed by atoms with Crippen LogP contribution >= 0.6 is 0 Å². The molecule has 0 saturated carbocycles. The number of benzene rings is 2. The Morgan fingerprint density at radius 2 is 1.91 bits per heavy atom. The van der Waals surface area contributed by atoms with Crippen molar-refractivity contribution in [3.05, 3.63) is 64.5 Å². The molecule has 0 bridgehead atoms. The second kappa shape index (κ2) is 9.67. The Morgan fingerprint density at radius 1 is 1.15 bits per heavy atom. The van der Waals surface area contributed by atoms with Gasteiger partial charge in [-0.3, -0.25) is 10.1 Å². The largest absolute Gasteiger partial charge is 0.573 e. The molecule has 0 spiro atoms. The van der Waals surface area contributed by atoms with Gasteiger partial charge in [-0.1, -0.05) is 19.1 Å². The third-order valence-corrected chi connectivity index (χ3v) is 4.50. The molecule has 2 aromatic carbocycles. The Labute approximate surface area is 185 Å². The van der Waals surface area contributed by atoms with E-state index in [9.17, 15) is 27.7 Å². The highest BCUT2D eigenvalue weighted by Crippen LogP contribution is 2.31. The number of rotatable bonds is 8. The quantitative estimate of drug-likeness (QED) is 0.237. The van der Waals surface area contributed by atoms with Gasteiger partial charge >= 0.3 is 6.36 Å². The number of halogens is 4. The second-order valence-electron chi connectivity index (χ2n) is 7.03. The first-order chi connectivity index (χ1) is 15.5. The minimum atomic E-state index is -4.86. The van der Waals surface area contributed by atoms with E-state index in [0.29, 0.717) is 5.56 Å². The molecule has 1 aromatic heterocycles. The van der Waals surface area contributed by atoms with Gasteiger partial charge in [-0.15, -0.1) is 13.2 Å². The molecule has 0 aliphatic carbocycles. The molecule has 0 radical (unpaired) electrons. The Bertz CT molecular complexity index is 1160. The molecule has 0 unspecified atom stereocenters. The number of nitrogens with one attached hydrogen (secondary N) is 2. The standard InChI is InChI=1S/C21H19F4N5O3/c1-3-12(2)26-20-28-17(13-5-4-6-15(9-13)33-21(23,24)25)11-19(29-20)27-16-8-7-14(22)10-18(16)30(31)32/h4-12H,3H2,1-2H3,(H2,26,27,28,29)/t12-/m0/s1. The number of anilines is 3. The maximum atomic E-state index is 13.5. The molecule has 1 atom stereocenters. The molecule has 2 N–H and O–H groups in total. The molecule has 1 heterocycles. The van der Waals surface area contributed by atoms with Crippen LogP contribution in [0.1, 0.15) is 20.3 Å². The van der Waals surface area contributed by atoms with Gasteiger partial charge in [0, 0.05) is 17.7 Å². The maximum Gasteiger partial charge on any atom is 0.573 e. The molecule has 0 amide bonds. The lowest BCUT2D eigenvalue weighted by molar-refractivity contribution is -0.384. The van der Waals surface area contributed by atoms with Gasteiger partial charge in [0.1, 0.15) is 23.1 Å². The van der Waals surface area contributed by atoms with Crippen LogP contribution in [-0.2, 0) is 0 Å². The summed E-state index contributed by atoms with van der Waals surface area (Å²) in [5, 5.41) is 17.1. The summed E-state index contributed by atoms with van der Waals surface area (Å²) >= 11 is 0. The normalized spacial score (nSPS) is 12.2. The summed E-state index contributed by atoms with van der Waals surface area (Å²) < 4.78 is 55.3. The van der Waals surface area contributed by atoms with Crippen molar-refractivity contribution in [2.24, 2.45) is 0 Å². The smallest absolute Gasteiger partial charge is 0.406 e. The molecule has 8 nitrogen and oxygen atoms in total. The van der Waals surface area contributed by atoms with E-state index in [2.05, 4.69) is 25.3 Å². The first kappa shape index (κ1) is 23.7. The SMILES string of the molecule is CC[C@H](C)Nc1nc(Nc2ccc(F)cc2[N+](=O)[O-])cc(-c2cccc(OC(F)(F)F)c2)n1. The van der Waals surface area contributed by atoms with Crippen LogP contribution in [0, 0.1) is 15.9 Å². The number of aromatic nitrogens is 2. The Kier molecular flexibility index (Phi) is 6.95. The van der Waals surface area contributed by atoms with Crippen LogP contribution < -0.4 is 15.4 Å². The van der Waals surface area contributed by atoms with Crippen molar-refractivity contribution in [1.82, 2.24) is 9.97 Å². The van der Waals surface area contributed by atoms with E-state index in [4.69, 9.17) is 0 Å². The molecule has 174 valence electrons. The molecule has 0 aliphatic heterocycles. The number of hydrogen-bond donors (Lipinski definition) is 2. The van der Waals surface area contributed by atoms with E-state index in [1.165, 1.54) is 24.3 Å². The molecule has 0 aliphatic rings. The first-order valence-electron chi connectivity index (χ1n) is 9.77. The topological polar surface area (TPSA) is 102 Å². The van der Waals surface area contributed by atoms with E-state index in [1.807, 2.05) is 13.8 Å². The third kappa shape index (κ3) is 6.51. The summed E-state index contributed by atoms with van der Waals surface area (Å²) in [4.78, 5) is 19.2. The van der Waals surface area contributed by atoms with Crippen molar-refractivity contribution in [1.29, 1.82) is 0 Å². The monoisotopic (exact) mass is 465 g/mol. The van der Waals surface area contributed by atoms with E-state index in [-0.39, 0.29) is 29.2 Å².